The van der Waals surface area contributed by atoms with E-state index in [2.05, 4.69) is 6.92 Å². The van der Waals surface area contributed by atoms with E-state index in [9.17, 15) is 0 Å². The summed E-state index contributed by atoms with van der Waals surface area (Å²) in [5.74, 6) is 1.05. The van der Waals surface area contributed by atoms with Crippen LogP contribution in [0, 0.1) is 5.92 Å². The van der Waals surface area contributed by atoms with Gasteiger partial charge in [-0.3, -0.25) is 0 Å². The molecular formula is C6H16ClN. The van der Waals surface area contributed by atoms with Gasteiger partial charge >= 0.3 is 0 Å². The number of hydrogen-bond acceptors (Lipinski definition) is 1. The van der Waals surface area contributed by atoms with E-state index in [-0.39, 0.29) is 18.6 Å². The summed E-state index contributed by atoms with van der Waals surface area (Å²) in [6, 6.07) is 0. The van der Waals surface area contributed by atoms with Gasteiger partial charge in [-0.2, -0.15) is 0 Å². The second-order valence-electron chi connectivity index (χ2n) is 2.39. The Hall–Kier alpha value is 0.250. The van der Waals surface area contributed by atoms with Crippen molar-refractivity contribution in [3.8, 4) is 0 Å². The molecule has 1 fully saturated rings. The molecule has 0 saturated heterocycles. The molecule has 0 aromatic carbocycles. The molecule has 0 radical (unpaired) electrons. The Morgan fingerprint density at radius 1 is 1.12 bits per heavy atom. The lowest BCUT2D eigenvalue weighted by Gasteiger charge is -1.91. The molecule has 1 aliphatic carbocycles. The third-order valence-electron chi connectivity index (χ3n) is 1.64. The minimum atomic E-state index is 0. The molecule has 2 heteroatoms. The molecule has 1 rings (SSSR count). The first-order valence-corrected chi connectivity index (χ1v) is 2.89. The molecule has 1 nitrogen and oxygen atoms in total. The van der Waals surface area contributed by atoms with Gasteiger partial charge in [-0.05, 0) is 5.92 Å². The molecule has 0 aromatic heterocycles. The molecule has 0 aliphatic heterocycles. The largest absolute Gasteiger partial charge is 0.344 e. The van der Waals surface area contributed by atoms with Crippen LogP contribution in [-0.4, -0.2) is 0 Å². The van der Waals surface area contributed by atoms with Crippen molar-refractivity contribution >= 4 is 12.4 Å². The Balaban J connectivity index is 0. The normalized spacial score (nSPS) is 19.1. The predicted molar refractivity (Wildman–Crippen MR) is 39.9 cm³/mol. The summed E-state index contributed by atoms with van der Waals surface area (Å²) >= 11 is 0. The zero-order valence-electron chi connectivity index (χ0n) is 5.52. The zero-order valence-corrected chi connectivity index (χ0v) is 6.34. The summed E-state index contributed by atoms with van der Waals surface area (Å²) < 4.78 is 0. The molecule has 8 heavy (non-hydrogen) atoms. The van der Waals surface area contributed by atoms with E-state index in [0.717, 1.165) is 5.92 Å². The van der Waals surface area contributed by atoms with Gasteiger partial charge in [0.05, 0.1) is 0 Å². The fraction of sp³-hybridized carbons (Fsp3) is 1.00. The van der Waals surface area contributed by atoms with Gasteiger partial charge in [0, 0.05) is 0 Å². The van der Waals surface area contributed by atoms with Crippen molar-refractivity contribution in [1.82, 2.24) is 6.15 Å². The minimum Gasteiger partial charge on any atom is -0.344 e. The number of halogens is 1. The summed E-state index contributed by atoms with van der Waals surface area (Å²) in [5, 5.41) is 0. The first-order chi connectivity index (χ1) is 2.89. The van der Waals surface area contributed by atoms with Crippen LogP contribution in [0.4, 0.5) is 0 Å². The Kier molecular flexibility index (Phi) is 7.48. The van der Waals surface area contributed by atoms with E-state index in [1.807, 2.05) is 0 Å². The first-order valence-electron chi connectivity index (χ1n) is 2.89. The van der Waals surface area contributed by atoms with Crippen LogP contribution in [0.5, 0.6) is 0 Å². The Morgan fingerprint density at radius 2 is 1.50 bits per heavy atom. The molecule has 0 atom stereocenters. The van der Waals surface area contributed by atoms with Crippen LogP contribution in [-0.2, 0) is 0 Å². The third kappa shape index (κ3) is 3.28. The molecule has 0 spiro atoms. The topological polar surface area (TPSA) is 35.0 Å². The lowest BCUT2D eigenvalue weighted by Crippen LogP contribution is -1.78. The van der Waals surface area contributed by atoms with Gasteiger partial charge in [0.25, 0.3) is 0 Å². The van der Waals surface area contributed by atoms with Crippen molar-refractivity contribution in [2.45, 2.75) is 32.6 Å². The second-order valence-corrected chi connectivity index (χ2v) is 2.39. The molecule has 0 amide bonds. The van der Waals surface area contributed by atoms with Crippen LogP contribution in [0.3, 0.4) is 0 Å². The van der Waals surface area contributed by atoms with Gasteiger partial charge in [-0.15, -0.1) is 12.4 Å². The van der Waals surface area contributed by atoms with Gasteiger partial charge in [-0.1, -0.05) is 32.6 Å². The molecule has 0 heterocycles. The second kappa shape index (κ2) is 5.39. The highest BCUT2D eigenvalue weighted by atomic mass is 35.5. The quantitative estimate of drug-likeness (QED) is 0.548. The average molecular weight is 138 g/mol. The Morgan fingerprint density at radius 3 is 1.62 bits per heavy atom. The molecule has 0 unspecified atom stereocenters. The zero-order chi connectivity index (χ0) is 4.41. The van der Waals surface area contributed by atoms with Crippen molar-refractivity contribution in [3.05, 3.63) is 0 Å². The molecular weight excluding hydrogens is 122 g/mol. The lowest BCUT2D eigenvalue weighted by molar-refractivity contribution is 0.612. The lowest BCUT2D eigenvalue weighted by atomic mass is 10.2. The summed E-state index contributed by atoms with van der Waals surface area (Å²) in [5.41, 5.74) is 0. The van der Waals surface area contributed by atoms with Crippen LogP contribution in [0.15, 0.2) is 0 Å². The fourth-order valence-corrected chi connectivity index (χ4v) is 1.13. The van der Waals surface area contributed by atoms with E-state index >= 15 is 0 Å². The van der Waals surface area contributed by atoms with Crippen LogP contribution < -0.4 is 6.15 Å². The smallest absolute Gasteiger partial charge is 0.0443 e. The maximum Gasteiger partial charge on any atom is -0.0443 e. The molecule has 0 aromatic rings. The number of rotatable bonds is 0. The van der Waals surface area contributed by atoms with Crippen molar-refractivity contribution < 1.29 is 0 Å². The highest BCUT2D eigenvalue weighted by molar-refractivity contribution is 5.85. The van der Waals surface area contributed by atoms with Crippen molar-refractivity contribution in [2.75, 3.05) is 0 Å². The summed E-state index contributed by atoms with van der Waals surface area (Å²) in [6.07, 6.45) is 5.95. The van der Waals surface area contributed by atoms with Gasteiger partial charge in [0.2, 0.25) is 0 Å². The summed E-state index contributed by atoms with van der Waals surface area (Å²) in [7, 11) is 0. The van der Waals surface area contributed by atoms with Gasteiger partial charge in [-0.25, -0.2) is 0 Å². The van der Waals surface area contributed by atoms with E-state index in [1.165, 1.54) is 25.7 Å². The highest BCUT2D eigenvalue weighted by Gasteiger charge is 2.07. The monoisotopic (exact) mass is 137 g/mol. The maximum absolute atomic E-state index is 2.34. The predicted octanol–water partition coefficient (Wildman–Crippen LogP) is 2.78. The molecule has 3 N–H and O–H groups in total. The van der Waals surface area contributed by atoms with Crippen LogP contribution in [0.1, 0.15) is 32.6 Å². The van der Waals surface area contributed by atoms with Crippen LogP contribution in [0.25, 0.3) is 0 Å². The molecule has 0 bridgehead atoms. The van der Waals surface area contributed by atoms with E-state index in [1.54, 1.807) is 0 Å². The first kappa shape index (κ1) is 11.1. The van der Waals surface area contributed by atoms with Crippen LogP contribution >= 0.6 is 12.4 Å². The SMILES string of the molecule is CC1CCCC1.Cl.N. The van der Waals surface area contributed by atoms with Gasteiger partial charge < -0.3 is 6.15 Å². The fourth-order valence-electron chi connectivity index (χ4n) is 1.13. The van der Waals surface area contributed by atoms with Crippen molar-refractivity contribution in [2.24, 2.45) is 5.92 Å². The highest BCUT2D eigenvalue weighted by Crippen LogP contribution is 2.22. The van der Waals surface area contributed by atoms with Crippen molar-refractivity contribution in [3.63, 3.8) is 0 Å². The summed E-state index contributed by atoms with van der Waals surface area (Å²) in [4.78, 5) is 0. The molecule has 1 saturated carbocycles. The standard InChI is InChI=1S/C6H12.ClH.H3N/c1-6-4-2-3-5-6;;/h6H,2-5H2,1H3;1H;1H3. The average Bonchev–Trinajstić information content (AvgIpc) is 1.86. The summed E-state index contributed by atoms with van der Waals surface area (Å²) in [6.45, 7) is 2.34. The van der Waals surface area contributed by atoms with E-state index in [0.29, 0.717) is 0 Å². The Bertz CT molecular complexity index is 41.8. The van der Waals surface area contributed by atoms with Gasteiger partial charge in [0.1, 0.15) is 0 Å². The molecule has 52 valence electrons. The minimum absolute atomic E-state index is 0. The Labute approximate surface area is 57.8 Å². The van der Waals surface area contributed by atoms with E-state index < -0.39 is 0 Å². The number of hydrogen-bond donors (Lipinski definition) is 1. The van der Waals surface area contributed by atoms with E-state index in [4.69, 9.17) is 0 Å². The van der Waals surface area contributed by atoms with Crippen molar-refractivity contribution in [1.29, 1.82) is 0 Å². The van der Waals surface area contributed by atoms with Crippen LogP contribution in [0.2, 0.25) is 0 Å². The molecule has 1 aliphatic rings. The third-order valence-corrected chi connectivity index (χ3v) is 1.64. The van der Waals surface area contributed by atoms with Gasteiger partial charge in [0.15, 0.2) is 0 Å². The maximum atomic E-state index is 2.34.